The molecule has 2 aromatic rings. The Morgan fingerprint density at radius 1 is 1.10 bits per heavy atom. The molecule has 1 heterocycles. The van der Waals surface area contributed by atoms with Crippen LogP contribution in [0, 0.1) is 0 Å². The number of benzene rings is 2. The first-order chi connectivity index (χ1) is 9.65. The third kappa shape index (κ3) is 2.39. The number of para-hydroxylation sites is 1. The lowest BCUT2D eigenvalue weighted by Gasteiger charge is -2.30. The van der Waals surface area contributed by atoms with Gasteiger partial charge in [0.25, 0.3) is 6.43 Å². The molecule has 3 rings (SSSR count). The van der Waals surface area contributed by atoms with Crippen LogP contribution in [0.1, 0.15) is 41.7 Å². The Hall–Kier alpha value is -1.94. The van der Waals surface area contributed by atoms with E-state index >= 15 is 0 Å². The minimum Gasteiger partial charge on any atom is -0.485 e. The van der Waals surface area contributed by atoms with Gasteiger partial charge < -0.3 is 9.84 Å². The number of halogens is 2. The highest BCUT2D eigenvalue weighted by Gasteiger charge is 2.28. The summed E-state index contributed by atoms with van der Waals surface area (Å²) in [6.07, 6.45) is -3.18. The smallest absolute Gasteiger partial charge is 0.263 e. The van der Waals surface area contributed by atoms with Crippen LogP contribution < -0.4 is 4.74 Å². The van der Waals surface area contributed by atoms with E-state index in [1.165, 1.54) is 12.1 Å². The number of rotatable bonds is 2. The topological polar surface area (TPSA) is 29.5 Å². The van der Waals surface area contributed by atoms with Gasteiger partial charge in [-0.2, -0.15) is 0 Å². The van der Waals surface area contributed by atoms with Crippen molar-refractivity contribution in [3.8, 4) is 5.75 Å². The molecule has 0 amide bonds. The maximum absolute atomic E-state index is 12.7. The average Bonchev–Trinajstić information content (AvgIpc) is 2.47. The van der Waals surface area contributed by atoms with E-state index in [0.29, 0.717) is 17.7 Å². The first kappa shape index (κ1) is 13.1. The summed E-state index contributed by atoms with van der Waals surface area (Å²) in [6.45, 7) is 0. The fraction of sp³-hybridized carbons (Fsp3) is 0.250. The number of aliphatic hydroxyl groups excluding tert-OH is 1. The second kappa shape index (κ2) is 5.21. The van der Waals surface area contributed by atoms with Crippen LogP contribution in [0.3, 0.4) is 0 Å². The molecule has 4 heteroatoms. The van der Waals surface area contributed by atoms with Crippen molar-refractivity contribution in [2.45, 2.75) is 25.1 Å². The van der Waals surface area contributed by atoms with Crippen molar-refractivity contribution in [2.75, 3.05) is 0 Å². The molecule has 1 aliphatic rings. The third-order valence-corrected chi connectivity index (χ3v) is 3.52. The summed E-state index contributed by atoms with van der Waals surface area (Å²) in [5.74, 6) is 0.610. The van der Waals surface area contributed by atoms with Gasteiger partial charge in [-0.05, 0) is 17.7 Å². The van der Waals surface area contributed by atoms with Crippen LogP contribution in [0.15, 0.2) is 48.5 Å². The van der Waals surface area contributed by atoms with E-state index in [0.717, 1.165) is 5.56 Å². The highest BCUT2D eigenvalue weighted by Crippen LogP contribution is 2.40. The molecular weight excluding hydrogens is 262 g/mol. The molecule has 2 unspecified atom stereocenters. The van der Waals surface area contributed by atoms with E-state index in [-0.39, 0.29) is 5.56 Å². The monoisotopic (exact) mass is 276 g/mol. The van der Waals surface area contributed by atoms with Gasteiger partial charge in [0.1, 0.15) is 11.9 Å². The molecular formula is C16H14F2O2. The second-order valence-corrected chi connectivity index (χ2v) is 4.87. The SMILES string of the molecule is OC1CC(c2cccc(C(F)F)c2)Oc2ccccc21. The standard InChI is InChI=1S/C16H14F2O2/c17-16(18)11-5-3-4-10(8-11)15-9-13(19)12-6-1-2-7-14(12)20-15/h1-8,13,15-16,19H,9H2. The highest BCUT2D eigenvalue weighted by atomic mass is 19.3. The minimum absolute atomic E-state index is 0.0283. The lowest BCUT2D eigenvalue weighted by atomic mass is 9.94. The van der Waals surface area contributed by atoms with E-state index in [4.69, 9.17) is 4.74 Å². The molecule has 2 nitrogen and oxygen atoms in total. The Kier molecular flexibility index (Phi) is 3.40. The summed E-state index contributed by atoms with van der Waals surface area (Å²) in [5.41, 5.74) is 1.38. The van der Waals surface area contributed by atoms with Crippen molar-refractivity contribution in [1.82, 2.24) is 0 Å². The van der Waals surface area contributed by atoms with Crippen molar-refractivity contribution in [3.05, 3.63) is 65.2 Å². The van der Waals surface area contributed by atoms with Crippen LogP contribution in [0.5, 0.6) is 5.75 Å². The quantitative estimate of drug-likeness (QED) is 0.891. The highest BCUT2D eigenvalue weighted by molar-refractivity contribution is 5.38. The maximum Gasteiger partial charge on any atom is 0.263 e. The van der Waals surface area contributed by atoms with Crippen molar-refractivity contribution in [1.29, 1.82) is 0 Å². The Bertz CT molecular complexity index is 613. The van der Waals surface area contributed by atoms with Crippen LogP contribution in [-0.2, 0) is 0 Å². The van der Waals surface area contributed by atoms with Gasteiger partial charge in [-0.15, -0.1) is 0 Å². The lowest BCUT2D eigenvalue weighted by Crippen LogP contribution is -2.19. The molecule has 0 fully saturated rings. The molecule has 0 radical (unpaired) electrons. The molecule has 104 valence electrons. The molecule has 2 aromatic carbocycles. The Labute approximate surface area is 115 Å². The van der Waals surface area contributed by atoms with Crippen LogP contribution in [-0.4, -0.2) is 5.11 Å². The molecule has 0 aliphatic carbocycles. The molecule has 0 saturated carbocycles. The first-order valence-corrected chi connectivity index (χ1v) is 6.47. The molecule has 0 aromatic heterocycles. The van der Waals surface area contributed by atoms with Crippen LogP contribution in [0.4, 0.5) is 8.78 Å². The summed E-state index contributed by atoms with van der Waals surface area (Å²) >= 11 is 0. The summed E-state index contributed by atoms with van der Waals surface area (Å²) in [4.78, 5) is 0. The maximum atomic E-state index is 12.7. The fourth-order valence-electron chi connectivity index (χ4n) is 2.49. The number of aliphatic hydroxyl groups is 1. The Balaban J connectivity index is 1.91. The van der Waals surface area contributed by atoms with Crippen LogP contribution >= 0.6 is 0 Å². The summed E-state index contributed by atoms with van der Waals surface area (Å²) < 4.78 is 31.3. The number of hydrogen-bond donors (Lipinski definition) is 1. The number of hydrogen-bond acceptors (Lipinski definition) is 2. The van der Waals surface area contributed by atoms with Crippen molar-refractivity contribution in [2.24, 2.45) is 0 Å². The van der Waals surface area contributed by atoms with Gasteiger partial charge >= 0.3 is 0 Å². The van der Waals surface area contributed by atoms with Gasteiger partial charge in [-0.3, -0.25) is 0 Å². The largest absolute Gasteiger partial charge is 0.485 e. The fourth-order valence-corrected chi connectivity index (χ4v) is 2.49. The molecule has 0 saturated heterocycles. The zero-order chi connectivity index (χ0) is 14.1. The van der Waals surface area contributed by atoms with E-state index in [1.54, 1.807) is 18.2 Å². The van der Waals surface area contributed by atoms with Crippen molar-refractivity contribution in [3.63, 3.8) is 0 Å². The van der Waals surface area contributed by atoms with E-state index in [9.17, 15) is 13.9 Å². The normalized spacial score (nSPS) is 21.4. The van der Waals surface area contributed by atoms with Gasteiger partial charge in [0.2, 0.25) is 0 Å². The molecule has 2 atom stereocenters. The van der Waals surface area contributed by atoms with Crippen molar-refractivity contribution >= 4 is 0 Å². The zero-order valence-electron chi connectivity index (χ0n) is 10.7. The van der Waals surface area contributed by atoms with Gasteiger partial charge in [0.05, 0.1) is 6.10 Å². The average molecular weight is 276 g/mol. The predicted molar refractivity (Wildman–Crippen MR) is 70.8 cm³/mol. The van der Waals surface area contributed by atoms with Crippen LogP contribution in [0.25, 0.3) is 0 Å². The molecule has 0 spiro atoms. The van der Waals surface area contributed by atoms with E-state index in [1.807, 2.05) is 18.2 Å². The Morgan fingerprint density at radius 3 is 2.70 bits per heavy atom. The predicted octanol–water partition coefficient (Wildman–Crippen LogP) is 4.18. The molecule has 0 bridgehead atoms. The second-order valence-electron chi connectivity index (χ2n) is 4.87. The van der Waals surface area contributed by atoms with E-state index in [2.05, 4.69) is 0 Å². The third-order valence-electron chi connectivity index (χ3n) is 3.52. The van der Waals surface area contributed by atoms with Gasteiger partial charge in [-0.25, -0.2) is 8.78 Å². The summed E-state index contributed by atoms with van der Waals surface area (Å²) in [7, 11) is 0. The molecule has 20 heavy (non-hydrogen) atoms. The summed E-state index contributed by atoms with van der Waals surface area (Å²) in [5, 5.41) is 10.1. The molecule has 1 N–H and O–H groups in total. The summed E-state index contributed by atoms with van der Waals surface area (Å²) in [6, 6.07) is 13.4. The number of alkyl halides is 2. The number of fused-ring (bicyclic) bond motifs is 1. The van der Waals surface area contributed by atoms with Gasteiger partial charge in [-0.1, -0.05) is 36.4 Å². The van der Waals surface area contributed by atoms with E-state index < -0.39 is 18.6 Å². The minimum atomic E-state index is -2.50. The Morgan fingerprint density at radius 2 is 1.90 bits per heavy atom. The van der Waals surface area contributed by atoms with Gasteiger partial charge in [0.15, 0.2) is 0 Å². The number of ether oxygens (including phenoxy) is 1. The van der Waals surface area contributed by atoms with Crippen molar-refractivity contribution < 1.29 is 18.6 Å². The lowest BCUT2D eigenvalue weighted by molar-refractivity contribution is 0.0655. The zero-order valence-corrected chi connectivity index (χ0v) is 10.7. The molecule has 1 aliphatic heterocycles. The first-order valence-electron chi connectivity index (χ1n) is 6.47. The van der Waals surface area contributed by atoms with Gasteiger partial charge in [0, 0.05) is 17.5 Å². The van der Waals surface area contributed by atoms with Crippen LogP contribution in [0.2, 0.25) is 0 Å².